The van der Waals surface area contributed by atoms with Gasteiger partial charge in [0.25, 0.3) is 5.91 Å². The SMILES string of the molecule is COc1ccc(CNC(=O)COc2ccc(N)cc2)cn1. The van der Waals surface area contributed by atoms with Crippen molar-refractivity contribution in [2.24, 2.45) is 0 Å². The van der Waals surface area contributed by atoms with E-state index in [1.165, 1.54) is 0 Å². The minimum Gasteiger partial charge on any atom is -0.484 e. The van der Waals surface area contributed by atoms with Gasteiger partial charge < -0.3 is 20.5 Å². The van der Waals surface area contributed by atoms with E-state index in [2.05, 4.69) is 10.3 Å². The van der Waals surface area contributed by atoms with Crippen LogP contribution in [0.25, 0.3) is 0 Å². The highest BCUT2D eigenvalue weighted by Crippen LogP contribution is 2.12. The number of carbonyl (C=O) groups excluding carboxylic acids is 1. The number of nitrogens with one attached hydrogen (secondary N) is 1. The lowest BCUT2D eigenvalue weighted by atomic mass is 10.3. The number of nitrogens with two attached hydrogens (primary N) is 1. The fourth-order valence-corrected chi connectivity index (χ4v) is 1.60. The lowest BCUT2D eigenvalue weighted by Gasteiger charge is -2.08. The molecule has 0 radical (unpaired) electrons. The summed E-state index contributed by atoms with van der Waals surface area (Å²) in [5.74, 6) is 0.935. The molecule has 0 saturated heterocycles. The Morgan fingerprint density at radius 3 is 2.62 bits per heavy atom. The fourth-order valence-electron chi connectivity index (χ4n) is 1.60. The van der Waals surface area contributed by atoms with Crippen LogP contribution in [0, 0.1) is 0 Å². The van der Waals surface area contributed by atoms with Gasteiger partial charge in [0.2, 0.25) is 5.88 Å². The summed E-state index contributed by atoms with van der Waals surface area (Å²) in [5, 5.41) is 2.75. The molecule has 6 heteroatoms. The van der Waals surface area contributed by atoms with E-state index in [0.29, 0.717) is 23.9 Å². The summed E-state index contributed by atoms with van der Waals surface area (Å²) in [6.45, 7) is 0.342. The van der Waals surface area contributed by atoms with Gasteiger partial charge in [-0.25, -0.2) is 4.98 Å². The maximum atomic E-state index is 11.7. The zero-order chi connectivity index (χ0) is 15.1. The zero-order valence-electron chi connectivity index (χ0n) is 11.7. The number of nitrogen functional groups attached to an aromatic ring is 1. The second-order valence-electron chi connectivity index (χ2n) is 4.34. The van der Waals surface area contributed by atoms with E-state index in [-0.39, 0.29) is 12.5 Å². The number of amides is 1. The average Bonchev–Trinajstić information content (AvgIpc) is 2.53. The van der Waals surface area contributed by atoms with Crippen molar-refractivity contribution in [3.8, 4) is 11.6 Å². The molecule has 0 fully saturated rings. The summed E-state index contributed by atoms with van der Waals surface area (Å²) in [6.07, 6.45) is 1.65. The number of carbonyl (C=O) groups is 1. The van der Waals surface area contributed by atoms with Gasteiger partial charge in [-0.2, -0.15) is 0 Å². The van der Waals surface area contributed by atoms with E-state index in [0.717, 1.165) is 5.56 Å². The number of hydrogen-bond donors (Lipinski definition) is 2. The summed E-state index contributed by atoms with van der Waals surface area (Å²) in [7, 11) is 1.55. The van der Waals surface area contributed by atoms with Gasteiger partial charge in [-0.3, -0.25) is 4.79 Å². The van der Waals surface area contributed by atoms with Crippen molar-refractivity contribution in [3.05, 3.63) is 48.2 Å². The first-order valence-electron chi connectivity index (χ1n) is 6.41. The van der Waals surface area contributed by atoms with E-state index in [1.807, 2.05) is 6.07 Å². The van der Waals surface area contributed by atoms with E-state index in [1.54, 1.807) is 43.6 Å². The number of benzene rings is 1. The molecule has 2 aromatic rings. The number of methoxy groups -OCH3 is 1. The summed E-state index contributed by atoms with van der Waals surface area (Å²) in [5.41, 5.74) is 7.10. The zero-order valence-corrected chi connectivity index (χ0v) is 11.7. The summed E-state index contributed by atoms with van der Waals surface area (Å²) in [6, 6.07) is 10.5. The van der Waals surface area contributed by atoms with Crippen molar-refractivity contribution in [1.82, 2.24) is 10.3 Å². The van der Waals surface area contributed by atoms with Gasteiger partial charge in [0, 0.05) is 24.5 Å². The first-order valence-corrected chi connectivity index (χ1v) is 6.41. The minimum absolute atomic E-state index is 0.0481. The van der Waals surface area contributed by atoms with Gasteiger partial charge in [-0.1, -0.05) is 6.07 Å². The number of aromatic nitrogens is 1. The second-order valence-corrected chi connectivity index (χ2v) is 4.34. The number of pyridine rings is 1. The summed E-state index contributed by atoms with van der Waals surface area (Å²) < 4.78 is 10.3. The molecule has 1 aromatic heterocycles. The van der Waals surface area contributed by atoms with Crippen LogP contribution in [0.5, 0.6) is 11.6 Å². The van der Waals surface area contributed by atoms with Crippen molar-refractivity contribution in [2.45, 2.75) is 6.54 Å². The fraction of sp³-hybridized carbons (Fsp3) is 0.200. The van der Waals surface area contributed by atoms with Crippen molar-refractivity contribution in [1.29, 1.82) is 0 Å². The molecule has 1 amide bonds. The smallest absolute Gasteiger partial charge is 0.258 e. The predicted octanol–water partition coefficient (Wildman–Crippen LogP) is 1.37. The summed E-state index contributed by atoms with van der Waals surface area (Å²) in [4.78, 5) is 15.7. The molecular weight excluding hydrogens is 270 g/mol. The van der Waals surface area contributed by atoms with E-state index in [4.69, 9.17) is 15.2 Å². The van der Waals surface area contributed by atoms with Crippen molar-refractivity contribution in [2.75, 3.05) is 19.5 Å². The maximum Gasteiger partial charge on any atom is 0.258 e. The van der Waals surface area contributed by atoms with Crippen LogP contribution in [0.15, 0.2) is 42.6 Å². The third-order valence-corrected chi connectivity index (χ3v) is 2.75. The normalized spacial score (nSPS) is 9.95. The number of rotatable bonds is 6. The average molecular weight is 287 g/mol. The molecule has 21 heavy (non-hydrogen) atoms. The van der Waals surface area contributed by atoms with Gasteiger partial charge in [0.15, 0.2) is 6.61 Å². The molecule has 0 aliphatic carbocycles. The first-order chi connectivity index (χ1) is 10.2. The number of anilines is 1. The highest BCUT2D eigenvalue weighted by molar-refractivity contribution is 5.77. The van der Waals surface area contributed by atoms with Gasteiger partial charge in [-0.15, -0.1) is 0 Å². The Morgan fingerprint density at radius 2 is 2.00 bits per heavy atom. The molecule has 1 heterocycles. The molecule has 0 atom stereocenters. The highest BCUT2D eigenvalue weighted by atomic mass is 16.5. The highest BCUT2D eigenvalue weighted by Gasteiger charge is 2.03. The van der Waals surface area contributed by atoms with Crippen molar-refractivity contribution in [3.63, 3.8) is 0 Å². The third-order valence-electron chi connectivity index (χ3n) is 2.75. The molecule has 110 valence electrons. The van der Waals surface area contributed by atoms with Crippen LogP contribution >= 0.6 is 0 Å². The van der Waals surface area contributed by atoms with Crippen LogP contribution in [0.2, 0.25) is 0 Å². The van der Waals surface area contributed by atoms with Gasteiger partial charge in [-0.05, 0) is 29.8 Å². The molecular formula is C15H17N3O3. The standard InChI is InChI=1S/C15H17N3O3/c1-20-15-7-2-11(9-18-15)8-17-14(19)10-21-13-5-3-12(16)4-6-13/h2-7,9H,8,10,16H2,1H3,(H,17,19). The van der Waals surface area contributed by atoms with Gasteiger partial charge in [0.05, 0.1) is 7.11 Å². The lowest BCUT2D eigenvalue weighted by Crippen LogP contribution is -2.28. The Hall–Kier alpha value is -2.76. The van der Waals surface area contributed by atoms with E-state index >= 15 is 0 Å². The van der Waals surface area contributed by atoms with Crippen LogP contribution in [0.3, 0.4) is 0 Å². The topological polar surface area (TPSA) is 86.5 Å². The van der Waals surface area contributed by atoms with Crippen LogP contribution in [0.4, 0.5) is 5.69 Å². The van der Waals surface area contributed by atoms with Crippen LogP contribution in [-0.2, 0) is 11.3 Å². The molecule has 0 saturated carbocycles. The van der Waals surface area contributed by atoms with Crippen LogP contribution < -0.4 is 20.5 Å². The first kappa shape index (κ1) is 14.6. The predicted molar refractivity (Wildman–Crippen MR) is 79.0 cm³/mol. The van der Waals surface area contributed by atoms with Gasteiger partial charge in [0.1, 0.15) is 5.75 Å². The van der Waals surface area contributed by atoms with Crippen molar-refractivity contribution >= 4 is 11.6 Å². The maximum absolute atomic E-state index is 11.7. The van der Waals surface area contributed by atoms with Gasteiger partial charge >= 0.3 is 0 Å². The minimum atomic E-state index is -0.206. The second kappa shape index (κ2) is 7.14. The quantitative estimate of drug-likeness (QED) is 0.784. The van der Waals surface area contributed by atoms with Crippen LogP contribution in [-0.4, -0.2) is 24.6 Å². The molecule has 1 aromatic carbocycles. The molecule has 6 nitrogen and oxygen atoms in total. The Kier molecular flexibility index (Phi) is 4.98. The largest absolute Gasteiger partial charge is 0.484 e. The molecule has 0 spiro atoms. The molecule has 0 aliphatic rings. The van der Waals surface area contributed by atoms with E-state index in [9.17, 15) is 4.79 Å². The Labute approximate surface area is 122 Å². The van der Waals surface area contributed by atoms with E-state index < -0.39 is 0 Å². The molecule has 0 bridgehead atoms. The summed E-state index contributed by atoms with van der Waals surface area (Å²) >= 11 is 0. The monoisotopic (exact) mass is 287 g/mol. The van der Waals surface area contributed by atoms with Crippen LogP contribution in [0.1, 0.15) is 5.56 Å². The Morgan fingerprint density at radius 1 is 1.24 bits per heavy atom. The molecule has 3 N–H and O–H groups in total. The molecule has 2 rings (SSSR count). The number of hydrogen-bond acceptors (Lipinski definition) is 5. The molecule has 0 unspecified atom stereocenters. The Bertz CT molecular complexity index is 582. The Balaban J connectivity index is 1.75. The number of ether oxygens (including phenoxy) is 2. The third kappa shape index (κ3) is 4.68. The van der Waals surface area contributed by atoms with Crippen molar-refractivity contribution < 1.29 is 14.3 Å². The molecule has 0 aliphatic heterocycles. The lowest BCUT2D eigenvalue weighted by molar-refractivity contribution is -0.123. The number of nitrogens with zero attached hydrogens (tertiary/aromatic N) is 1.